The first-order valence-electron chi connectivity index (χ1n) is 6.04. The zero-order chi connectivity index (χ0) is 13.9. The van der Waals surface area contributed by atoms with Crippen molar-refractivity contribution in [1.29, 1.82) is 0 Å². The lowest BCUT2D eigenvalue weighted by atomic mass is 10.2. The molecule has 20 heavy (non-hydrogen) atoms. The third kappa shape index (κ3) is 2.62. The van der Waals surface area contributed by atoms with Crippen LogP contribution in [0.2, 0.25) is 5.02 Å². The zero-order valence-corrected chi connectivity index (χ0v) is 11.2. The molecule has 0 aliphatic carbocycles. The summed E-state index contributed by atoms with van der Waals surface area (Å²) in [6, 6.07) is 6.94. The Morgan fingerprint density at radius 3 is 2.80 bits per heavy atom. The smallest absolute Gasteiger partial charge is 0.251 e. The number of amides is 1. The minimum Gasteiger partial charge on any atom is -0.346 e. The lowest BCUT2D eigenvalue weighted by Gasteiger charge is -2.02. The number of carbonyl (C=O) groups is 1. The van der Waals surface area contributed by atoms with E-state index in [1.165, 1.54) is 0 Å². The number of rotatable bonds is 3. The number of imidazole rings is 1. The van der Waals surface area contributed by atoms with Gasteiger partial charge in [-0.05, 0) is 24.3 Å². The van der Waals surface area contributed by atoms with Gasteiger partial charge in [-0.2, -0.15) is 0 Å². The Morgan fingerprint density at radius 2 is 2.00 bits per heavy atom. The van der Waals surface area contributed by atoms with Crippen molar-refractivity contribution in [3.63, 3.8) is 0 Å². The van der Waals surface area contributed by atoms with Gasteiger partial charge in [-0.3, -0.25) is 9.78 Å². The van der Waals surface area contributed by atoms with Gasteiger partial charge in [0.15, 0.2) is 0 Å². The van der Waals surface area contributed by atoms with E-state index >= 15 is 0 Å². The monoisotopic (exact) mass is 286 g/mol. The molecule has 0 fully saturated rings. The second-order valence-electron chi connectivity index (χ2n) is 4.26. The molecule has 0 spiro atoms. The number of carbonyl (C=O) groups excluding carboxylic acids is 1. The summed E-state index contributed by atoms with van der Waals surface area (Å²) >= 11 is 5.91. The summed E-state index contributed by atoms with van der Waals surface area (Å²) in [4.78, 5) is 20.2. The summed E-state index contributed by atoms with van der Waals surface area (Å²) in [6.45, 7) is 0.362. The maximum atomic E-state index is 11.9. The van der Waals surface area contributed by atoms with E-state index in [1.54, 1.807) is 36.8 Å². The zero-order valence-electron chi connectivity index (χ0n) is 10.5. The van der Waals surface area contributed by atoms with Gasteiger partial charge in [-0.25, -0.2) is 4.98 Å². The Bertz CT molecular complexity index is 754. The molecule has 0 radical (unpaired) electrons. The van der Waals surface area contributed by atoms with Crippen molar-refractivity contribution in [2.75, 3.05) is 0 Å². The maximum absolute atomic E-state index is 11.9. The van der Waals surface area contributed by atoms with Gasteiger partial charge in [0, 0.05) is 30.4 Å². The summed E-state index contributed by atoms with van der Waals surface area (Å²) in [5, 5.41) is 3.46. The van der Waals surface area contributed by atoms with E-state index < -0.39 is 0 Å². The van der Waals surface area contributed by atoms with Crippen LogP contribution in [0.4, 0.5) is 0 Å². The molecule has 0 saturated heterocycles. The second kappa shape index (κ2) is 5.30. The molecule has 3 rings (SSSR count). The Hall–Kier alpha value is -2.40. The molecule has 0 aliphatic rings. The molecule has 0 bridgehead atoms. The molecular weight excluding hydrogens is 276 g/mol. The van der Waals surface area contributed by atoms with Gasteiger partial charge in [0.1, 0.15) is 5.65 Å². The minimum absolute atomic E-state index is 0.150. The number of nitrogens with zero attached hydrogens (tertiary/aromatic N) is 3. The van der Waals surface area contributed by atoms with E-state index in [0.29, 0.717) is 17.1 Å². The van der Waals surface area contributed by atoms with Crippen LogP contribution in [-0.2, 0) is 6.54 Å². The number of hydrogen-bond acceptors (Lipinski definition) is 3. The van der Waals surface area contributed by atoms with Crippen LogP contribution in [0.5, 0.6) is 0 Å². The molecule has 1 N–H and O–H groups in total. The third-order valence-electron chi connectivity index (χ3n) is 2.84. The number of aromatic nitrogens is 3. The molecule has 3 heterocycles. The molecule has 0 unspecified atom stereocenters. The first-order valence-corrected chi connectivity index (χ1v) is 6.41. The minimum atomic E-state index is -0.150. The highest BCUT2D eigenvalue weighted by molar-refractivity contribution is 6.30. The van der Waals surface area contributed by atoms with E-state index in [1.807, 2.05) is 16.7 Å². The predicted octanol–water partition coefficient (Wildman–Crippen LogP) is 2.31. The summed E-state index contributed by atoms with van der Waals surface area (Å²) < 4.78 is 1.83. The molecule has 100 valence electrons. The second-order valence-corrected chi connectivity index (χ2v) is 4.70. The average molecular weight is 287 g/mol. The Morgan fingerprint density at radius 1 is 1.20 bits per heavy atom. The topological polar surface area (TPSA) is 59.3 Å². The largest absolute Gasteiger partial charge is 0.346 e. The van der Waals surface area contributed by atoms with Crippen molar-refractivity contribution >= 4 is 23.2 Å². The Kier molecular flexibility index (Phi) is 3.35. The van der Waals surface area contributed by atoms with Crippen LogP contribution < -0.4 is 5.32 Å². The Balaban J connectivity index is 1.72. The molecular formula is C14H11ClN4O. The highest BCUT2D eigenvalue weighted by atomic mass is 35.5. The van der Waals surface area contributed by atoms with Crippen LogP contribution in [-0.4, -0.2) is 20.3 Å². The van der Waals surface area contributed by atoms with Gasteiger partial charge < -0.3 is 9.72 Å². The van der Waals surface area contributed by atoms with E-state index in [2.05, 4.69) is 15.3 Å². The van der Waals surface area contributed by atoms with Crippen molar-refractivity contribution in [3.05, 3.63) is 65.3 Å². The fourth-order valence-corrected chi connectivity index (χ4v) is 2.05. The van der Waals surface area contributed by atoms with Crippen LogP contribution in [0, 0.1) is 0 Å². The van der Waals surface area contributed by atoms with Crippen molar-refractivity contribution < 1.29 is 4.79 Å². The first kappa shape index (κ1) is 12.6. The molecule has 6 heteroatoms. The van der Waals surface area contributed by atoms with Gasteiger partial charge in [-0.15, -0.1) is 0 Å². The van der Waals surface area contributed by atoms with Crippen LogP contribution >= 0.6 is 11.6 Å². The SMILES string of the molecule is O=C(NCc1cn2cc(Cl)ccc2n1)c1ccncc1. The van der Waals surface area contributed by atoms with E-state index in [9.17, 15) is 4.79 Å². The molecule has 3 aromatic heterocycles. The molecule has 0 aromatic carbocycles. The lowest BCUT2D eigenvalue weighted by molar-refractivity contribution is 0.0950. The van der Waals surface area contributed by atoms with E-state index in [0.717, 1.165) is 11.3 Å². The van der Waals surface area contributed by atoms with Crippen LogP contribution in [0.3, 0.4) is 0 Å². The molecule has 3 aromatic rings. The van der Waals surface area contributed by atoms with Crippen molar-refractivity contribution in [2.45, 2.75) is 6.54 Å². The summed E-state index contributed by atoms with van der Waals surface area (Å²) in [7, 11) is 0. The highest BCUT2D eigenvalue weighted by Crippen LogP contribution is 2.11. The number of fused-ring (bicyclic) bond motifs is 1. The molecule has 0 saturated carbocycles. The van der Waals surface area contributed by atoms with E-state index in [4.69, 9.17) is 11.6 Å². The average Bonchev–Trinajstić information content (AvgIpc) is 2.87. The molecule has 5 nitrogen and oxygen atoms in total. The maximum Gasteiger partial charge on any atom is 0.251 e. The predicted molar refractivity (Wildman–Crippen MR) is 75.6 cm³/mol. The van der Waals surface area contributed by atoms with Crippen LogP contribution in [0.25, 0.3) is 5.65 Å². The van der Waals surface area contributed by atoms with Crippen molar-refractivity contribution in [3.8, 4) is 0 Å². The summed E-state index contributed by atoms with van der Waals surface area (Å²) in [5.41, 5.74) is 2.14. The van der Waals surface area contributed by atoms with Crippen molar-refractivity contribution in [2.24, 2.45) is 0 Å². The van der Waals surface area contributed by atoms with Gasteiger partial charge in [0.05, 0.1) is 17.3 Å². The van der Waals surface area contributed by atoms with Gasteiger partial charge in [0.2, 0.25) is 0 Å². The van der Waals surface area contributed by atoms with Crippen LogP contribution in [0.15, 0.2) is 49.1 Å². The Labute approximate surface area is 120 Å². The lowest BCUT2D eigenvalue weighted by Crippen LogP contribution is -2.22. The fourth-order valence-electron chi connectivity index (χ4n) is 1.88. The normalized spacial score (nSPS) is 10.7. The van der Waals surface area contributed by atoms with Crippen LogP contribution in [0.1, 0.15) is 16.1 Å². The summed E-state index contributed by atoms with van der Waals surface area (Å²) in [5.74, 6) is -0.150. The third-order valence-corrected chi connectivity index (χ3v) is 3.06. The molecule has 0 aliphatic heterocycles. The number of pyridine rings is 2. The van der Waals surface area contributed by atoms with Gasteiger partial charge in [0.25, 0.3) is 5.91 Å². The first-order chi connectivity index (χ1) is 9.72. The molecule has 0 atom stereocenters. The number of hydrogen-bond donors (Lipinski definition) is 1. The molecule has 1 amide bonds. The number of nitrogens with one attached hydrogen (secondary N) is 1. The highest BCUT2D eigenvalue weighted by Gasteiger charge is 2.06. The summed E-state index contributed by atoms with van der Waals surface area (Å²) in [6.07, 6.45) is 6.79. The fraction of sp³-hybridized carbons (Fsp3) is 0.0714. The van der Waals surface area contributed by atoms with E-state index in [-0.39, 0.29) is 5.91 Å². The number of halogens is 1. The van der Waals surface area contributed by atoms with Gasteiger partial charge in [-0.1, -0.05) is 11.6 Å². The standard InChI is InChI=1S/C14H11ClN4O/c15-11-1-2-13-18-12(9-19(13)8-11)7-17-14(20)10-3-5-16-6-4-10/h1-6,8-9H,7H2,(H,17,20). The van der Waals surface area contributed by atoms with Crippen molar-refractivity contribution in [1.82, 2.24) is 19.7 Å². The quantitative estimate of drug-likeness (QED) is 0.804. The van der Waals surface area contributed by atoms with Gasteiger partial charge >= 0.3 is 0 Å².